The normalized spacial score (nSPS) is 11.3. The third-order valence-electron chi connectivity index (χ3n) is 2.89. The standard InChI is InChI=1S/C15H13ClO3S/c1-20(18,19)13-7-4-6-12(9-13)15(17)10-11-5-2-3-8-14(11)16/h2-9H,10H2,1H3. The van der Waals surface area contributed by atoms with Crippen LogP contribution in [0.3, 0.4) is 0 Å². The molecule has 2 aromatic rings. The van der Waals surface area contributed by atoms with Crippen molar-refractivity contribution in [3.05, 3.63) is 64.7 Å². The van der Waals surface area contributed by atoms with Crippen LogP contribution in [0, 0.1) is 0 Å². The molecule has 0 aliphatic carbocycles. The van der Waals surface area contributed by atoms with E-state index in [1.165, 1.54) is 12.1 Å². The highest BCUT2D eigenvalue weighted by molar-refractivity contribution is 7.90. The minimum atomic E-state index is -3.32. The molecular formula is C15H13ClO3S. The first-order chi connectivity index (χ1) is 9.38. The lowest BCUT2D eigenvalue weighted by molar-refractivity contribution is 0.0993. The zero-order valence-electron chi connectivity index (χ0n) is 10.8. The predicted molar refractivity (Wildman–Crippen MR) is 79.0 cm³/mol. The van der Waals surface area contributed by atoms with Crippen molar-refractivity contribution >= 4 is 27.2 Å². The number of halogens is 1. The summed E-state index contributed by atoms with van der Waals surface area (Å²) in [6, 6.07) is 13.1. The summed E-state index contributed by atoms with van der Waals surface area (Å²) in [6.07, 6.45) is 1.26. The lowest BCUT2D eigenvalue weighted by Crippen LogP contribution is -2.06. The summed E-state index contributed by atoms with van der Waals surface area (Å²) in [5, 5.41) is 0.528. The summed E-state index contributed by atoms with van der Waals surface area (Å²) in [6.45, 7) is 0. The van der Waals surface area contributed by atoms with Crippen LogP contribution in [0.25, 0.3) is 0 Å². The third-order valence-corrected chi connectivity index (χ3v) is 4.37. The fourth-order valence-electron chi connectivity index (χ4n) is 1.82. The second-order valence-corrected chi connectivity index (χ2v) is 6.91. The van der Waals surface area contributed by atoms with Crippen molar-refractivity contribution in [2.24, 2.45) is 0 Å². The maximum atomic E-state index is 12.2. The first-order valence-corrected chi connectivity index (χ1v) is 8.21. The molecule has 0 aromatic heterocycles. The molecule has 0 amide bonds. The van der Waals surface area contributed by atoms with Crippen molar-refractivity contribution in [1.82, 2.24) is 0 Å². The maximum absolute atomic E-state index is 12.2. The molecule has 0 aliphatic heterocycles. The first-order valence-electron chi connectivity index (χ1n) is 5.94. The van der Waals surface area contributed by atoms with Gasteiger partial charge in [0.1, 0.15) is 0 Å². The number of rotatable bonds is 4. The number of ketones is 1. The van der Waals surface area contributed by atoms with E-state index in [0.717, 1.165) is 11.8 Å². The molecule has 0 fully saturated rings. The SMILES string of the molecule is CS(=O)(=O)c1cccc(C(=O)Cc2ccccc2Cl)c1. The number of carbonyl (C=O) groups excluding carboxylic acids is 1. The number of hydrogen-bond acceptors (Lipinski definition) is 3. The lowest BCUT2D eigenvalue weighted by Gasteiger charge is -2.05. The monoisotopic (exact) mass is 308 g/mol. The average molecular weight is 309 g/mol. The Morgan fingerprint density at radius 2 is 1.80 bits per heavy atom. The van der Waals surface area contributed by atoms with Gasteiger partial charge in [-0.2, -0.15) is 0 Å². The molecule has 3 nitrogen and oxygen atoms in total. The largest absolute Gasteiger partial charge is 0.294 e. The average Bonchev–Trinajstić information content (AvgIpc) is 2.40. The van der Waals surface area contributed by atoms with E-state index in [1.807, 2.05) is 0 Å². The molecule has 0 aliphatic rings. The van der Waals surface area contributed by atoms with Crippen molar-refractivity contribution < 1.29 is 13.2 Å². The zero-order chi connectivity index (χ0) is 14.8. The molecule has 0 bridgehead atoms. The number of carbonyl (C=O) groups is 1. The summed E-state index contributed by atoms with van der Waals surface area (Å²) < 4.78 is 23.0. The van der Waals surface area contributed by atoms with Gasteiger partial charge in [0.25, 0.3) is 0 Å². The van der Waals surface area contributed by atoms with E-state index < -0.39 is 9.84 Å². The Morgan fingerprint density at radius 3 is 2.45 bits per heavy atom. The molecule has 2 rings (SSSR count). The van der Waals surface area contributed by atoms with Crippen LogP contribution in [0.5, 0.6) is 0 Å². The van der Waals surface area contributed by atoms with Gasteiger partial charge in [-0.05, 0) is 23.8 Å². The highest BCUT2D eigenvalue weighted by Gasteiger charge is 2.13. The summed E-state index contributed by atoms with van der Waals surface area (Å²) in [7, 11) is -3.32. The van der Waals surface area contributed by atoms with Gasteiger partial charge in [0, 0.05) is 23.3 Å². The van der Waals surface area contributed by atoms with E-state index in [-0.39, 0.29) is 17.1 Å². The van der Waals surface area contributed by atoms with Gasteiger partial charge in [-0.3, -0.25) is 4.79 Å². The maximum Gasteiger partial charge on any atom is 0.175 e. The van der Waals surface area contributed by atoms with Crippen LogP contribution in [0.4, 0.5) is 0 Å². The molecule has 20 heavy (non-hydrogen) atoms. The molecule has 5 heteroatoms. The minimum absolute atomic E-state index is 0.141. The molecule has 0 unspecified atom stereocenters. The van der Waals surface area contributed by atoms with Crippen LogP contribution in [-0.2, 0) is 16.3 Å². The molecule has 0 heterocycles. The Hall–Kier alpha value is -1.65. The van der Waals surface area contributed by atoms with Gasteiger partial charge in [-0.25, -0.2) is 8.42 Å². The Labute approximate surface area is 123 Å². The predicted octanol–water partition coefficient (Wildman–Crippen LogP) is 3.17. The van der Waals surface area contributed by atoms with Crippen molar-refractivity contribution in [3.63, 3.8) is 0 Å². The molecule has 2 aromatic carbocycles. The van der Waals surface area contributed by atoms with E-state index in [2.05, 4.69) is 0 Å². The van der Waals surface area contributed by atoms with E-state index >= 15 is 0 Å². The van der Waals surface area contributed by atoms with Gasteiger partial charge >= 0.3 is 0 Å². The fraction of sp³-hybridized carbons (Fsp3) is 0.133. The third kappa shape index (κ3) is 3.46. The first kappa shape index (κ1) is 14.8. The van der Waals surface area contributed by atoms with Crippen LogP contribution in [0.15, 0.2) is 53.4 Å². The van der Waals surface area contributed by atoms with Gasteiger partial charge in [0.2, 0.25) is 0 Å². The molecule has 104 valence electrons. The van der Waals surface area contributed by atoms with E-state index in [0.29, 0.717) is 10.6 Å². The molecule has 0 spiro atoms. The van der Waals surface area contributed by atoms with Crippen LogP contribution < -0.4 is 0 Å². The zero-order valence-corrected chi connectivity index (χ0v) is 12.4. The fourth-order valence-corrected chi connectivity index (χ4v) is 2.69. The summed E-state index contributed by atoms with van der Waals surface area (Å²) in [4.78, 5) is 12.3. The van der Waals surface area contributed by atoms with Gasteiger partial charge in [0.05, 0.1) is 4.90 Å². The number of sulfone groups is 1. The Bertz CT molecular complexity index is 751. The van der Waals surface area contributed by atoms with Crippen molar-refractivity contribution in [3.8, 4) is 0 Å². The second-order valence-electron chi connectivity index (χ2n) is 4.49. The smallest absolute Gasteiger partial charge is 0.175 e. The van der Waals surface area contributed by atoms with Gasteiger partial charge < -0.3 is 0 Å². The molecule has 0 saturated carbocycles. The lowest BCUT2D eigenvalue weighted by atomic mass is 10.0. The molecule has 0 radical (unpaired) electrons. The minimum Gasteiger partial charge on any atom is -0.294 e. The molecule has 0 saturated heterocycles. The highest BCUT2D eigenvalue weighted by atomic mass is 35.5. The van der Waals surface area contributed by atoms with Gasteiger partial charge in [-0.1, -0.05) is 41.9 Å². The molecule has 0 atom stereocenters. The molecular weight excluding hydrogens is 296 g/mol. The van der Waals surface area contributed by atoms with E-state index in [4.69, 9.17) is 11.6 Å². The van der Waals surface area contributed by atoms with Crippen molar-refractivity contribution in [2.75, 3.05) is 6.26 Å². The summed E-state index contributed by atoms with van der Waals surface area (Å²) >= 11 is 6.01. The topological polar surface area (TPSA) is 51.2 Å². The van der Waals surface area contributed by atoms with E-state index in [9.17, 15) is 13.2 Å². The molecule has 0 N–H and O–H groups in total. The summed E-state index contributed by atoms with van der Waals surface area (Å²) in [5.41, 5.74) is 1.09. The van der Waals surface area contributed by atoms with Crippen molar-refractivity contribution in [2.45, 2.75) is 11.3 Å². The van der Waals surface area contributed by atoms with Gasteiger partial charge in [0.15, 0.2) is 15.6 Å². The number of hydrogen-bond donors (Lipinski definition) is 0. The van der Waals surface area contributed by atoms with Crippen LogP contribution in [-0.4, -0.2) is 20.5 Å². The van der Waals surface area contributed by atoms with Crippen LogP contribution in [0.2, 0.25) is 5.02 Å². The second kappa shape index (κ2) is 5.77. The Kier molecular flexibility index (Phi) is 4.26. The van der Waals surface area contributed by atoms with E-state index in [1.54, 1.807) is 36.4 Å². The Balaban J connectivity index is 2.29. The van der Waals surface area contributed by atoms with Crippen LogP contribution in [0.1, 0.15) is 15.9 Å². The highest BCUT2D eigenvalue weighted by Crippen LogP contribution is 2.18. The quantitative estimate of drug-likeness (QED) is 0.815. The Morgan fingerprint density at radius 1 is 1.10 bits per heavy atom. The van der Waals surface area contributed by atoms with Crippen molar-refractivity contribution in [1.29, 1.82) is 0 Å². The van der Waals surface area contributed by atoms with Crippen LogP contribution >= 0.6 is 11.6 Å². The van der Waals surface area contributed by atoms with Gasteiger partial charge in [-0.15, -0.1) is 0 Å². The number of Topliss-reactive ketones (excluding diaryl/α,β-unsaturated/α-hetero) is 1. The summed E-state index contributed by atoms with van der Waals surface area (Å²) in [5.74, 6) is -0.163. The number of benzene rings is 2.